The molecule has 2 N–H and O–H groups in total. The predicted octanol–water partition coefficient (Wildman–Crippen LogP) is 3.11. The second kappa shape index (κ2) is 8.66. The van der Waals surface area contributed by atoms with Crippen molar-refractivity contribution < 1.29 is 17.9 Å². The van der Waals surface area contributed by atoms with E-state index in [2.05, 4.69) is 36.5 Å². The molecule has 2 aromatic rings. The van der Waals surface area contributed by atoms with Gasteiger partial charge in [0.2, 0.25) is 0 Å². The molecule has 0 aromatic carbocycles. The van der Waals surface area contributed by atoms with Gasteiger partial charge in [-0.05, 0) is 35.8 Å². The van der Waals surface area contributed by atoms with Gasteiger partial charge in [0.05, 0.1) is 35.6 Å². The first kappa shape index (κ1) is 21.1. The first-order valence-corrected chi connectivity index (χ1v) is 10.7. The van der Waals surface area contributed by atoms with Gasteiger partial charge >= 0.3 is 0 Å². The topological polar surface area (TPSA) is 110 Å². The van der Waals surface area contributed by atoms with Gasteiger partial charge in [-0.1, -0.05) is 6.92 Å². The van der Waals surface area contributed by atoms with E-state index in [9.17, 15) is 13.2 Å². The van der Waals surface area contributed by atoms with Crippen molar-refractivity contribution in [3.05, 3.63) is 34.8 Å². The molecule has 0 radical (unpaired) electrons. The Balaban J connectivity index is 2.48. The third kappa shape index (κ3) is 5.16. The summed E-state index contributed by atoms with van der Waals surface area (Å²) in [7, 11) is -2.00. The number of anilines is 2. The predicted molar refractivity (Wildman–Crippen MR) is 107 cm³/mol. The summed E-state index contributed by atoms with van der Waals surface area (Å²) in [6.45, 7) is 5.14. The van der Waals surface area contributed by atoms with E-state index in [0.717, 1.165) is 0 Å². The molecule has 0 saturated heterocycles. The van der Waals surface area contributed by atoms with E-state index in [1.807, 2.05) is 13.8 Å². The zero-order valence-electron chi connectivity index (χ0n) is 15.4. The molecule has 0 unspecified atom stereocenters. The van der Waals surface area contributed by atoms with Crippen molar-refractivity contribution in [2.75, 3.05) is 23.4 Å². The Hall–Kier alpha value is -2.20. The Kier molecular flexibility index (Phi) is 6.77. The van der Waals surface area contributed by atoms with Crippen molar-refractivity contribution in [3.63, 3.8) is 0 Å². The van der Waals surface area contributed by atoms with Crippen LogP contribution in [0.4, 0.5) is 11.4 Å². The fourth-order valence-electron chi connectivity index (χ4n) is 2.24. The summed E-state index contributed by atoms with van der Waals surface area (Å²) < 4.78 is 31.0. The normalized spacial score (nSPS) is 11.3. The number of nitrogens with one attached hydrogen (secondary N) is 2. The summed E-state index contributed by atoms with van der Waals surface area (Å²) >= 11 is 3.24. The largest absolute Gasteiger partial charge is 0.489 e. The van der Waals surface area contributed by atoms with E-state index >= 15 is 0 Å². The van der Waals surface area contributed by atoms with Crippen molar-refractivity contribution in [2.24, 2.45) is 0 Å². The molecule has 8 nitrogen and oxygen atoms in total. The van der Waals surface area contributed by atoms with Gasteiger partial charge in [-0.2, -0.15) is 0 Å². The highest BCUT2D eigenvalue weighted by atomic mass is 79.9. The number of sulfone groups is 1. The van der Waals surface area contributed by atoms with Crippen molar-refractivity contribution in [1.82, 2.24) is 9.97 Å². The number of rotatable bonds is 7. The van der Waals surface area contributed by atoms with Gasteiger partial charge in [0.15, 0.2) is 9.84 Å². The maximum atomic E-state index is 12.8. The number of ether oxygens (including phenoxy) is 1. The van der Waals surface area contributed by atoms with Crippen LogP contribution in [0.15, 0.2) is 34.0 Å². The van der Waals surface area contributed by atoms with E-state index < -0.39 is 15.7 Å². The minimum Gasteiger partial charge on any atom is -0.489 e. The summed E-state index contributed by atoms with van der Waals surface area (Å²) in [6.07, 6.45) is 2.72. The van der Waals surface area contributed by atoms with Crippen LogP contribution < -0.4 is 15.4 Å². The standard InChI is InChI=1S/C17H21BrN4O4S/c1-5-27(24,25)14-6-11(26-10(2)3)8-21-16(14)17(23)22-12-7-15(18)20-9-13(12)19-4/h6-10,19H,5H2,1-4H3,(H,20,22,23). The highest BCUT2D eigenvalue weighted by Gasteiger charge is 2.24. The smallest absolute Gasteiger partial charge is 0.275 e. The third-order valence-corrected chi connectivity index (χ3v) is 5.69. The molecular weight excluding hydrogens is 436 g/mol. The third-order valence-electron chi connectivity index (χ3n) is 3.52. The maximum absolute atomic E-state index is 12.8. The average molecular weight is 457 g/mol. The van der Waals surface area contributed by atoms with Gasteiger partial charge in [-0.15, -0.1) is 0 Å². The molecule has 0 aliphatic heterocycles. The number of aromatic nitrogens is 2. The lowest BCUT2D eigenvalue weighted by Gasteiger charge is -2.14. The summed E-state index contributed by atoms with van der Waals surface area (Å²) in [6, 6.07) is 2.94. The van der Waals surface area contributed by atoms with Crippen molar-refractivity contribution in [3.8, 4) is 5.75 Å². The number of nitrogens with zero attached hydrogens (tertiary/aromatic N) is 2. The Labute approximate surface area is 166 Å². The number of carbonyl (C=O) groups is 1. The van der Waals surface area contributed by atoms with Crippen molar-refractivity contribution >= 4 is 43.0 Å². The SMILES string of the molecule is CCS(=O)(=O)c1cc(OC(C)C)cnc1C(=O)Nc1cc(Br)ncc1NC. The fraction of sp³-hybridized carbons (Fsp3) is 0.353. The van der Waals surface area contributed by atoms with Crippen LogP contribution in [0, 0.1) is 0 Å². The second-order valence-electron chi connectivity index (χ2n) is 5.84. The molecule has 0 bridgehead atoms. The lowest BCUT2D eigenvalue weighted by Crippen LogP contribution is -2.20. The van der Waals surface area contributed by atoms with Crippen molar-refractivity contribution in [2.45, 2.75) is 31.8 Å². The molecule has 0 fully saturated rings. The number of hydrogen-bond acceptors (Lipinski definition) is 7. The summed E-state index contributed by atoms with van der Waals surface area (Å²) in [5.41, 5.74) is 0.822. The van der Waals surface area contributed by atoms with Gasteiger partial charge in [0.1, 0.15) is 20.9 Å². The van der Waals surface area contributed by atoms with E-state index in [-0.39, 0.29) is 28.2 Å². The van der Waals surface area contributed by atoms with Crippen LogP contribution >= 0.6 is 15.9 Å². The van der Waals surface area contributed by atoms with E-state index in [1.54, 1.807) is 13.1 Å². The molecule has 10 heteroatoms. The molecule has 0 atom stereocenters. The van der Waals surface area contributed by atoms with E-state index in [1.165, 1.54) is 25.4 Å². The van der Waals surface area contributed by atoms with Gasteiger partial charge in [0.25, 0.3) is 5.91 Å². The molecule has 0 aliphatic rings. The molecule has 2 rings (SSSR count). The average Bonchev–Trinajstić information content (AvgIpc) is 2.61. The Morgan fingerprint density at radius 1 is 1.22 bits per heavy atom. The summed E-state index contributed by atoms with van der Waals surface area (Å²) in [5, 5.41) is 5.59. The molecule has 1 amide bonds. The monoisotopic (exact) mass is 456 g/mol. The number of amides is 1. The molecule has 0 aliphatic carbocycles. The van der Waals surface area contributed by atoms with Gasteiger partial charge in [-0.3, -0.25) is 4.79 Å². The Morgan fingerprint density at radius 2 is 1.93 bits per heavy atom. The molecule has 2 heterocycles. The highest BCUT2D eigenvalue weighted by molar-refractivity contribution is 9.10. The number of carbonyl (C=O) groups excluding carboxylic acids is 1. The number of hydrogen-bond donors (Lipinski definition) is 2. The molecule has 2 aromatic heterocycles. The van der Waals surface area contributed by atoms with Crippen LogP contribution in [-0.2, 0) is 9.84 Å². The highest BCUT2D eigenvalue weighted by Crippen LogP contribution is 2.26. The molecule has 0 spiro atoms. The fourth-order valence-corrected chi connectivity index (χ4v) is 3.62. The van der Waals surface area contributed by atoms with Gasteiger partial charge in [-0.25, -0.2) is 18.4 Å². The van der Waals surface area contributed by atoms with Crippen LogP contribution in [0.25, 0.3) is 0 Å². The first-order valence-electron chi connectivity index (χ1n) is 8.22. The first-order chi connectivity index (χ1) is 12.7. The molecular formula is C17H21BrN4O4S. The minimum absolute atomic E-state index is 0.156. The number of halogens is 1. The van der Waals surface area contributed by atoms with Gasteiger partial charge in [0, 0.05) is 13.1 Å². The maximum Gasteiger partial charge on any atom is 0.275 e. The van der Waals surface area contributed by atoms with Crippen LogP contribution in [0.2, 0.25) is 0 Å². The van der Waals surface area contributed by atoms with Crippen LogP contribution in [0.3, 0.4) is 0 Å². The molecule has 146 valence electrons. The quantitative estimate of drug-likeness (QED) is 0.615. The van der Waals surface area contributed by atoms with E-state index in [0.29, 0.717) is 16.0 Å². The lowest BCUT2D eigenvalue weighted by atomic mass is 10.3. The van der Waals surface area contributed by atoms with Crippen LogP contribution in [0.1, 0.15) is 31.3 Å². The zero-order valence-corrected chi connectivity index (χ0v) is 17.8. The van der Waals surface area contributed by atoms with Gasteiger partial charge < -0.3 is 15.4 Å². The minimum atomic E-state index is -3.69. The second-order valence-corrected chi connectivity index (χ2v) is 8.90. The zero-order chi connectivity index (χ0) is 20.2. The Bertz CT molecular complexity index is 948. The lowest BCUT2D eigenvalue weighted by molar-refractivity contribution is 0.101. The summed E-state index contributed by atoms with van der Waals surface area (Å²) in [5.74, 6) is -0.522. The van der Waals surface area contributed by atoms with Crippen LogP contribution in [-0.4, -0.2) is 43.2 Å². The Morgan fingerprint density at radius 3 is 2.52 bits per heavy atom. The molecule has 0 saturated carbocycles. The summed E-state index contributed by atoms with van der Waals surface area (Å²) in [4.78, 5) is 20.7. The molecule has 27 heavy (non-hydrogen) atoms. The van der Waals surface area contributed by atoms with E-state index in [4.69, 9.17) is 4.74 Å². The van der Waals surface area contributed by atoms with Crippen LogP contribution in [0.5, 0.6) is 5.75 Å². The number of pyridine rings is 2. The van der Waals surface area contributed by atoms with Crippen molar-refractivity contribution in [1.29, 1.82) is 0 Å².